The van der Waals surface area contributed by atoms with E-state index in [4.69, 9.17) is 32.4 Å². The number of amides is 3. The fraction of sp³-hybridized carbons (Fsp3) is 0.148. The first-order chi connectivity index (χ1) is 19.1. The number of imide groups is 1. The van der Waals surface area contributed by atoms with Gasteiger partial charge < -0.3 is 19.2 Å². The number of ether oxygens (including phenoxy) is 2. The maximum Gasteiger partial charge on any atom is 0.339 e. The lowest BCUT2D eigenvalue weighted by Gasteiger charge is -2.13. The van der Waals surface area contributed by atoms with Gasteiger partial charge in [0.15, 0.2) is 0 Å². The molecule has 0 atom stereocenters. The second-order valence-corrected chi connectivity index (χ2v) is 9.93. The van der Waals surface area contributed by atoms with E-state index >= 15 is 0 Å². The van der Waals surface area contributed by atoms with E-state index in [1.165, 1.54) is 37.5 Å². The smallest absolute Gasteiger partial charge is 0.339 e. The number of nitrogens with zero attached hydrogens (tertiary/aromatic N) is 1. The summed E-state index contributed by atoms with van der Waals surface area (Å²) in [5.74, 6) is -1.93. The predicted molar refractivity (Wildman–Crippen MR) is 149 cm³/mol. The van der Waals surface area contributed by atoms with Crippen LogP contribution in [0.2, 0.25) is 10.0 Å². The SMILES string of the molecule is CCOC(=O)c1cc(-c2ccc(/C=C3/SC(=O)N(CC(=O)Nc4ccc(Cl)c(C(=O)OC)c4)C3=O)o2)ccc1Cl. The lowest BCUT2D eigenvalue weighted by Crippen LogP contribution is -2.36. The van der Waals surface area contributed by atoms with Crippen molar-refractivity contribution in [3.63, 3.8) is 0 Å². The van der Waals surface area contributed by atoms with Crippen molar-refractivity contribution in [3.8, 4) is 11.3 Å². The first-order valence-electron chi connectivity index (χ1n) is 11.6. The number of rotatable bonds is 8. The quantitative estimate of drug-likeness (QED) is 0.247. The van der Waals surface area contributed by atoms with Gasteiger partial charge >= 0.3 is 11.9 Å². The summed E-state index contributed by atoms with van der Waals surface area (Å²) in [7, 11) is 1.19. The molecule has 1 saturated heterocycles. The Morgan fingerprint density at radius 2 is 1.70 bits per heavy atom. The van der Waals surface area contributed by atoms with Crippen LogP contribution in [0.5, 0.6) is 0 Å². The number of furan rings is 1. The van der Waals surface area contributed by atoms with E-state index in [0.717, 1.165) is 4.90 Å². The van der Waals surface area contributed by atoms with Crippen molar-refractivity contribution in [1.29, 1.82) is 0 Å². The molecule has 2 aromatic carbocycles. The van der Waals surface area contributed by atoms with Gasteiger partial charge in [-0.25, -0.2) is 9.59 Å². The Hall–Kier alpha value is -4.06. The number of carbonyl (C=O) groups is 5. The highest BCUT2D eigenvalue weighted by atomic mass is 35.5. The summed E-state index contributed by atoms with van der Waals surface area (Å²) in [4.78, 5) is 62.8. The van der Waals surface area contributed by atoms with E-state index < -0.39 is 35.5 Å². The van der Waals surface area contributed by atoms with Crippen molar-refractivity contribution in [2.45, 2.75) is 6.92 Å². The third-order valence-electron chi connectivity index (χ3n) is 5.48. The fourth-order valence-corrected chi connectivity index (χ4v) is 4.82. The van der Waals surface area contributed by atoms with Crippen LogP contribution in [-0.4, -0.2) is 54.2 Å². The summed E-state index contributed by atoms with van der Waals surface area (Å²) >= 11 is 12.8. The van der Waals surface area contributed by atoms with Crippen LogP contribution >= 0.6 is 35.0 Å². The monoisotopic (exact) mass is 602 g/mol. The molecule has 13 heteroatoms. The third kappa shape index (κ3) is 6.39. The Balaban J connectivity index is 1.46. The number of halogens is 2. The van der Waals surface area contributed by atoms with Crippen molar-refractivity contribution in [2.75, 3.05) is 25.6 Å². The van der Waals surface area contributed by atoms with Crippen LogP contribution < -0.4 is 5.32 Å². The molecule has 40 heavy (non-hydrogen) atoms. The molecule has 10 nitrogen and oxygen atoms in total. The molecule has 0 spiro atoms. The average Bonchev–Trinajstić information content (AvgIpc) is 3.49. The van der Waals surface area contributed by atoms with E-state index in [0.29, 0.717) is 23.1 Å². The Kier molecular flexibility index (Phi) is 8.98. The molecule has 206 valence electrons. The molecule has 4 rings (SSSR count). The number of thioether (sulfide) groups is 1. The van der Waals surface area contributed by atoms with Gasteiger partial charge in [-0.05, 0) is 67.2 Å². The van der Waals surface area contributed by atoms with Gasteiger partial charge in [-0.3, -0.25) is 19.3 Å². The minimum absolute atomic E-state index is 0.0459. The molecule has 1 fully saturated rings. The Morgan fingerprint density at radius 1 is 1.00 bits per heavy atom. The van der Waals surface area contributed by atoms with Gasteiger partial charge in [-0.2, -0.15) is 0 Å². The molecular formula is C27H20Cl2N2O8S. The van der Waals surface area contributed by atoms with Gasteiger partial charge in [-0.1, -0.05) is 23.2 Å². The van der Waals surface area contributed by atoms with Crippen LogP contribution in [0.1, 0.15) is 33.4 Å². The summed E-state index contributed by atoms with van der Waals surface area (Å²) in [5.41, 5.74) is 1.01. The molecule has 3 aromatic rings. The summed E-state index contributed by atoms with van der Waals surface area (Å²) in [6.45, 7) is 1.33. The summed E-state index contributed by atoms with van der Waals surface area (Å²) < 4.78 is 15.5. The summed E-state index contributed by atoms with van der Waals surface area (Å²) in [6, 6.07) is 12.2. The molecule has 0 aliphatic carbocycles. The minimum atomic E-state index is -0.686. The van der Waals surface area contributed by atoms with E-state index in [1.807, 2.05) is 0 Å². The van der Waals surface area contributed by atoms with Gasteiger partial charge in [0, 0.05) is 17.3 Å². The van der Waals surface area contributed by atoms with E-state index in [-0.39, 0.29) is 44.1 Å². The highest BCUT2D eigenvalue weighted by molar-refractivity contribution is 8.18. The third-order valence-corrected chi connectivity index (χ3v) is 7.04. The van der Waals surface area contributed by atoms with Gasteiger partial charge in [0.05, 0.1) is 39.8 Å². The normalized spacial score (nSPS) is 14.0. The molecule has 1 aliphatic heterocycles. The van der Waals surface area contributed by atoms with Crippen molar-refractivity contribution in [2.24, 2.45) is 0 Å². The van der Waals surface area contributed by atoms with Crippen LogP contribution in [0.4, 0.5) is 10.5 Å². The second-order valence-electron chi connectivity index (χ2n) is 8.12. The number of methoxy groups -OCH3 is 1. The van der Waals surface area contributed by atoms with Gasteiger partial charge in [-0.15, -0.1) is 0 Å². The maximum absolute atomic E-state index is 12.9. The number of hydrogen-bond donors (Lipinski definition) is 1. The minimum Gasteiger partial charge on any atom is -0.465 e. The fourth-order valence-electron chi connectivity index (χ4n) is 3.61. The lowest BCUT2D eigenvalue weighted by atomic mass is 10.1. The van der Waals surface area contributed by atoms with Crippen molar-refractivity contribution in [3.05, 3.63) is 80.4 Å². The van der Waals surface area contributed by atoms with Crippen molar-refractivity contribution in [1.82, 2.24) is 4.90 Å². The molecule has 3 amide bonds. The zero-order chi connectivity index (χ0) is 29.0. The Bertz CT molecular complexity index is 1570. The van der Waals surface area contributed by atoms with E-state index in [9.17, 15) is 24.0 Å². The van der Waals surface area contributed by atoms with Gasteiger partial charge in [0.1, 0.15) is 18.1 Å². The number of esters is 2. The van der Waals surface area contributed by atoms with Crippen LogP contribution in [0.3, 0.4) is 0 Å². The Morgan fingerprint density at radius 3 is 2.40 bits per heavy atom. The number of nitrogens with one attached hydrogen (secondary N) is 1. The summed E-state index contributed by atoms with van der Waals surface area (Å²) in [6.07, 6.45) is 1.39. The Labute approximate surface area is 242 Å². The van der Waals surface area contributed by atoms with Crippen LogP contribution in [0.25, 0.3) is 17.4 Å². The van der Waals surface area contributed by atoms with E-state index in [1.54, 1.807) is 31.2 Å². The standard InChI is InChI=1S/C27H20Cl2N2O8S/c1-3-38-26(35)17-10-14(4-7-19(17)28)21-9-6-16(39-21)12-22-24(33)31(27(36)40-22)13-23(32)30-15-5-8-20(29)18(11-15)25(34)37-2/h4-12H,3,13H2,1-2H3,(H,30,32)/b22-12+. The molecule has 0 bridgehead atoms. The molecule has 0 saturated carbocycles. The predicted octanol–water partition coefficient (Wildman–Crippen LogP) is 5.89. The first-order valence-corrected chi connectivity index (χ1v) is 13.2. The second kappa shape index (κ2) is 12.4. The topological polar surface area (TPSA) is 132 Å². The molecule has 0 radical (unpaired) electrons. The zero-order valence-corrected chi connectivity index (χ0v) is 23.3. The molecular weight excluding hydrogens is 583 g/mol. The zero-order valence-electron chi connectivity index (χ0n) is 21.0. The van der Waals surface area contributed by atoms with Gasteiger partial charge in [0.2, 0.25) is 5.91 Å². The number of hydrogen-bond acceptors (Lipinski definition) is 9. The number of carbonyl (C=O) groups excluding carboxylic acids is 5. The lowest BCUT2D eigenvalue weighted by molar-refractivity contribution is -0.127. The van der Waals surface area contributed by atoms with Gasteiger partial charge in [0.25, 0.3) is 11.1 Å². The maximum atomic E-state index is 12.9. The molecule has 1 N–H and O–H groups in total. The van der Waals surface area contributed by atoms with Crippen LogP contribution in [-0.2, 0) is 19.1 Å². The van der Waals surface area contributed by atoms with Crippen LogP contribution in [0, 0.1) is 0 Å². The number of benzene rings is 2. The average molecular weight is 603 g/mol. The van der Waals surface area contributed by atoms with Crippen molar-refractivity contribution >= 4 is 75.7 Å². The number of anilines is 1. The van der Waals surface area contributed by atoms with Crippen molar-refractivity contribution < 1.29 is 37.9 Å². The first kappa shape index (κ1) is 28.9. The summed E-state index contributed by atoms with van der Waals surface area (Å²) in [5, 5.41) is 2.25. The highest BCUT2D eigenvalue weighted by Gasteiger charge is 2.36. The molecule has 0 unspecified atom stereocenters. The molecule has 2 heterocycles. The molecule has 1 aliphatic rings. The largest absolute Gasteiger partial charge is 0.465 e. The molecule has 1 aromatic heterocycles. The van der Waals surface area contributed by atoms with E-state index in [2.05, 4.69) is 10.1 Å². The van der Waals surface area contributed by atoms with Crippen LogP contribution in [0.15, 0.2) is 57.9 Å². The highest BCUT2D eigenvalue weighted by Crippen LogP contribution is 2.34.